The Morgan fingerprint density at radius 3 is 2.40 bits per heavy atom. The lowest BCUT2D eigenvalue weighted by molar-refractivity contribution is -0.144. The fourth-order valence-corrected chi connectivity index (χ4v) is 4.61. The number of methoxy groups -OCH3 is 2. The van der Waals surface area contributed by atoms with Gasteiger partial charge in [0, 0.05) is 27.8 Å². The average molecular weight is 428 g/mol. The van der Waals surface area contributed by atoms with Gasteiger partial charge in [0.25, 0.3) is 0 Å². The molecule has 0 radical (unpaired) electrons. The lowest BCUT2D eigenvalue weighted by atomic mass is 9.90. The lowest BCUT2D eigenvalue weighted by Crippen LogP contribution is -2.53. The molecule has 0 bridgehead atoms. The molecule has 0 spiro atoms. The van der Waals surface area contributed by atoms with Crippen LogP contribution < -0.4 is 5.32 Å². The van der Waals surface area contributed by atoms with Crippen LogP contribution in [0.1, 0.15) is 53.4 Å². The standard InChI is InChI=1S/C22H41N3O5/c1-8-16(4)21(24(5)20(28)13-23-14-26)18(29-6)12-19(27)25-11-9-10-17(25)22(30-7)15(2)3/h14-18,21-22H,8-13H2,1-7H3,(H,23,26). The number of nitrogens with zero attached hydrogens (tertiary/aromatic N) is 2. The van der Waals surface area contributed by atoms with Crippen molar-refractivity contribution in [3.8, 4) is 0 Å². The van der Waals surface area contributed by atoms with Crippen LogP contribution in [0.4, 0.5) is 0 Å². The topological polar surface area (TPSA) is 88.2 Å². The summed E-state index contributed by atoms with van der Waals surface area (Å²) in [4.78, 5) is 39.9. The highest BCUT2D eigenvalue weighted by atomic mass is 16.5. The van der Waals surface area contributed by atoms with Gasteiger partial charge in [-0.1, -0.05) is 34.1 Å². The SMILES string of the molecule is CCC(C)C(C(CC(=O)N1CCCC1C(OC)C(C)C)OC)N(C)C(=O)CNC=O. The van der Waals surface area contributed by atoms with E-state index in [0.717, 1.165) is 25.8 Å². The first-order valence-corrected chi connectivity index (χ1v) is 11.0. The van der Waals surface area contributed by atoms with Crippen LogP contribution in [-0.2, 0) is 23.9 Å². The van der Waals surface area contributed by atoms with Gasteiger partial charge in [0.2, 0.25) is 18.2 Å². The minimum absolute atomic E-state index is 0.00137. The van der Waals surface area contributed by atoms with Gasteiger partial charge in [-0.05, 0) is 24.7 Å². The van der Waals surface area contributed by atoms with Crippen LogP contribution in [0, 0.1) is 11.8 Å². The molecule has 174 valence electrons. The van der Waals surface area contributed by atoms with E-state index in [9.17, 15) is 14.4 Å². The van der Waals surface area contributed by atoms with Crippen molar-refractivity contribution in [3.05, 3.63) is 0 Å². The highest BCUT2D eigenvalue weighted by Crippen LogP contribution is 2.28. The Labute approximate surface area is 181 Å². The summed E-state index contributed by atoms with van der Waals surface area (Å²) in [7, 11) is 5.00. The van der Waals surface area contributed by atoms with Crippen LogP contribution >= 0.6 is 0 Å². The third kappa shape index (κ3) is 6.67. The number of ether oxygens (including phenoxy) is 2. The Balaban J connectivity index is 2.99. The Kier molecular flexibility index (Phi) is 11.3. The highest BCUT2D eigenvalue weighted by molar-refractivity contribution is 5.81. The van der Waals surface area contributed by atoms with E-state index in [-0.39, 0.29) is 48.9 Å². The molecule has 0 saturated carbocycles. The molecule has 1 heterocycles. The maximum atomic E-state index is 13.3. The van der Waals surface area contributed by atoms with Crippen molar-refractivity contribution in [2.75, 3.05) is 34.4 Å². The molecule has 1 N–H and O–H groups in total. The molecule has 0 aromatic rings. The van der Waals surface area contributed by atoms with E-state index in [2.05, 4.69) is 33.0 Å². The van der Waals surface area contributed by atoms with Crippen molar-refractivity contribution >= 4 is 18.2 Å². The molecule has 1 rings (SSSR count). The van der Waals surface area contributed by atoms with Crippen molar-refractivity contribution < 1.29 is 23.9 Å². The summed E-state index contributed by atoms with van der Waals surface area (Å²) in [5.41, 5.74) is 0. The molecule has 1 aliphatic heterocycles. The summed E-state index contributed by atoms with van der Waals surface area (Å²) < 4.78 is 11.5. The predicted molar refractivity (Wildman–Crippen MR) is 116 cm³/mol. The smallest absolute Gasteiger partial charge is 0.242 e. The van der Waals surface area contributed by atoms with Crippen LogP contribution in [0.5, 0.6) is 0 Å². The van der Waals surface area contributed by atoms with Crippen molar-refractivity contribution in [2.45, 2.75) is 77.7 Å². The average Bonchev–Trinajstić information content (AvgIpc) is 3.20. The normalized spacial score (nSPS) is 20.5. The molecule has 5 atom stereocenters. The molecule has 8 nitrogen and oxygen atoms in total. The molecular formula is C22H41N3O5. The number of nitrogens with one attached hydrogen (secondary N) is 1. The quantitative estimate of drug-likeness (QED) is 0.452. The summed E-state index contributed by atoms with van der Waals surface area (Å²) in [6.45, 7) is 8.97. The number of carbonyl (C=O) groups is 3. The Bertz CT molecular complexity index is 557. The van der Waals surface area contributed by atoms with E-state index in [1.54, 1.807) is 26.2 Å². The predicted octanol–water partition coefficient (Wildman–Crippen LogP) is 1.67. The highest BCUT2D eigenvalue weighted by Gasteiger charge is 2.39. The second kappa shape index (κ2) is 12.9. The van der Waals surface area contributed by atoms with E-state index >= 15 is 0 Å². The first-order valence-electron chi connectivity index (χ1n) is 11.0. The monoisotopic (exact) mass is 427 g/mol. The maximum absolute atomic E-state index is 13.3. The summed E-state index contributed by atoms with van der Waals surface area (Å²) in [6, 6.07) is -0.201. The van der Waals surface area contributed by atoms with Gasteiger partial charge >= 0.3 is 0 Å². The van der Waals surface area contributed by atoms with Crippen LogP contribution in [0.15, 0.2) is 0 Å². The molecule has 1 aliphatic rings. The number of hydrogen-bond acceptors (Lipinski definition) is 5. The van der Waals surface area contributed by atoms with E-state index < -0.39 is 6.10 Å². The molecule has 0 aromatic heterocycles. The number of likely N-dealkylation sites (N-methyl/N-ethyl adjacent to an activating group) is 1. The van der Waals surface area contributed by atoms with E-state index in [0.29, 0.717) is 12.3 Å². The third-order valence-corrected chi connectivity index (χ3v) is 6.39. The van der Waals surface area contributed by atoms with Crippen molar-refractivity contribution in [1.82, 2.24) is 15.1 Å². The Morgan fingerprint density at radius 1 is 1.23 bits per heavy atom. The summed E-state index contributed by atoms with van der Waals surface area (Å²) in [5.74, 6) is 0.269. The largest absolute Gasteiger partial charge is 0.379 e. The zero-order valence-corrected chi connectivity index (χ0v) is 19.7. The van der Waals surface area contributed by atoms with Gasteiger partial charge in [0.1, 0.15) is 0 Å². The van der Waals surface area contributed by atoms with Crippen molar-refractivity contribution in [2.24, 2.45) is 11.8 Å². The van der Waals surface area contributed by atoms with Gasteiger partial charge in [-0.25, -0.2) is 0 Å². The zero-order chi connectivity index (χ0) is 22.8. The van der Waals surface area contributed by atoms with Crippen LogP contribution in [0.25, 0.3) is 0 Å². The van der Waals surface area contributed by atoms with Gasteiger partial charge in [0.05, 0.1) is 37.3 Å². The second-order valence-corrected chi connectivity index (χ2v) is 8.60. The molecule has 0 aliphatic carbocycles. The lowest BCUT2D eigenvalue weighted by Gasteiger charge is -2.39. The Hall–Kier alpha value is -1.67. The third-order valence-electron chi connectivity index (χ3n) is 6.39. The first-order chi connectivity index (χ1) is 14.2. The van der Waals surface area contributed by atoms with E-state index in [1.165, 1.54) is 0 Å². The molecule has 3 amide bonds. The molecule has 1 fully saturated rings. The minimum Gasteiger partial charge on any atom is -0.379 e. The van der Waals surface area contributed by atoms with Crippen molar-refractivity contribution in [1.29, 1.82) is 0 Å². The minimum atomic E-state index is -0.432. The second-order valence-electron chi connectivity index (χ2n) is 8.60. The summed E-state index contributed by atoms with van der Waals surface area (Å²) >= 11 is 0. The van der Waals surface area contributed by atoms with Gasteiger partial charge in [-0.15, -0.1) is 0 Å². The maximum Gasteiger partial charge on any atom is 0.242 e. The van der Waals surface area contributed by atoms with Crippen LogP contribution in [-0.4, -0.2) is 86.7 Å². The number of hydrogen-bond donors (Lipinski definition) is 1. The Morgan fingerprint density at radius 2 is 1.90 bits per heavy atom. The van der Waals surface area contributed by atoms with Crippen LogP contribution in [0.3, 0.4) is 0 Å². The molecule has 30 heavy (non-hydrogen) atoms. The number of amides is 3. The van der Waals surface area contributed by atoms with Gasteiger partial charge in [-0.2, -0.15) is 0 Å². The van der Waals surface area contributed by atoms with Crippen LogP contribution in [0.2, 0.25) is 0 Å². The number of likely N-dealkylation sites (tertiary alicyclic amines) is 1. The van der Waals surface area contributed by atoms with Gasteiger partial charge in [0.15, 0.2) is 0 Å². The zero-order valence-electron chi connectivity index (χ0n) is 19.7. The molecule has 8 heteroatoms. The fourth-order valence-electron chi connectivity index (χ4n) is 4.61. The number of rotatable bonds is 13. The molecule has 0 aromatic carbocycles. The summed E-state index contributed by atoms with van der Waals surface area (Å²) in [5, 5.41) is 2.42. The van der Waals surface area contributed by atoms with Crippen molar-refractivity contribution in [3.63, 3.8) is 0 Å². The first kappa shape index (κ1) is 26.4. The number of carbonyl (C=O) groups excluding carboxylic acids is 3. The van der Waals surface area contributed by atoms with E-state index in [4.69, 9.17) is 9.47 Å². The molecule has 5 unspecified atom stereocenters. The van der Waals surface area contributed by atoms with Gasteiger partial charge in [-0.3, -0.25) is 14.4 Å². The van der Waals surface area contributed by atoms with E-state index in [1.807, 2.05) is 4.90 Å². The van der Waals surface area contributed by atoms with Gasteiger partial charge < -0.3 is 24.6 Å². The fraction of sp³-hybridized carbons (Fsp3) is 0.864. The molecular weight excluding hydrogens is 386 g/mol. The summed E-state index contributed by atoms with van der Waals surface area (Å²) in [6.07, 6.45) is 3.02. The molecule has 1 saturated heterocycles.